The molecule has 0 N–H and O–H groups in total. The number of aryl methyl sites for hydroxylation is 1. The Hall–Kier alpha value is -3.01. The molecule has 2 aromatic rings. The third-order valence-corrected chi connectivity index (χ3v) is 6.80. The Morgan fingerprint density at radius 3 is 2.24 bits per heavy atom. The van der Waals surface area contributed by atoms with Gasteiger partial charge < -0.3 is 14.7 Å². The van der Waals surface area contributed by atoms with Crippen molar-refractivity contribution in [2.45, 2.75) is 20.4 Å². The number of carbonyl (C=O) groups excluding carboxylic acids is 1. The highest BCUT2D eigenvalue weighted by atomic mass is 35.5. The number of nitriles is 1. The second kappa shape index (κ2) is 11.9. The highest BCUT2D eigenvalue weighted by molar-refractivity contribution is 5.97. The zero-order valence-corrected chi connectivity index (χ0v) is 20.9. The Bertz CT molecular complexity index is 1030. The molecular weight excluding hydrogens is 446 g/mol. The molecule has 1 amide bonds. The second-order valence-electron chi connectivity index (χ2n) is 8.95. The molecular formula is C27H34ClN5O. The fraction of sp³-hybridized carbons (Fsp3) is 0.407. The van der Waals surface area contributed by atoms with E-state index in [1.54, 1.807) is 6.20 Å². The molecule has 0 unspecified atom stereocenters. The number of carbonyl (C=O) groups is 1. The molecule has 2 aliphatic rings. The Labute approximate surface area is 209 Å². The van der Waals surface area contributed by atoms with Crippen molar-refractivity contribution in [3.05, 3.63) is 77.0 Å². The summed E-state index contributed by atoms with van der Waals surface area (Å²) in [5.41, 5.74) is 5.43. The minimum Gasteiger partial charge on any atom is -0.373 e. The molecule has 180 valence electrons. The van der Waals surface area contributed by atoms with Gasteiger partial charge in [0.2, 0.25) is 0 Å². The molecule has 0 aromatic heterocycles. The van der Waals surface area contributed by atoms with Crippen molar-refractivity contribution >= 4 is 24.0 Å². The van der Waals surface area contributed by atoms with E-state index in [4.69, 9.17) is 0 Å². The fourth-order valence-corrected chi connectivity index (χ4v) is 4.61. The van der Waals surface area contributed by atoms with Gasteiger partial charge in [-0.15, -0.1) is 12.4 Å². The molecule has 2 aromatic carbocycles. The van der Waals surface area contributed by atoms with E-state index in [1.807, 2.05) is 11.0 Å². The maximum atomic E-state index is 13.0. The smallest absolute Gasteiger partial charge is 0.266 e. The molecule has 6 nitrogen and oxygen atoms in total. The second-order valence-corrected chi connectivity index (χ2v) is 8.95. The van der Waals surface area contributed by atoms with Crippen molar-refractivity contribution < 1.29 is 4.79 Å². The van der Waals surface area contributed by atoms with Gasteiger partial charge in [-0.1, -0.05) is 42.5 Å². The van der Waals surface area contributed by atoms with Crippen molar-refractivity contribution in [1.82, 2.24) is 14.7 Å². The maximum absolute atomic E-state index is 13.0. The van der Waals surface area contributed by atoms with Crippen LogP contribution in [0.15, 0.2) is 60.3 Å². The lowest BCUT2D eigenvalue weighted by Crippen LogP contribution is -2.49. The number of anilines is 1. The van der Waals surface area contributed by atoms with Crippen LogP contribution in [-0.4, -0.2) is 73.0 Å². The minimum absolute atomic E-state index is 0. The van der Waals surface area contributed by atoms with Crippen molar-refractivity contribution in [2.24, 2.45) is 0 Å². The molecule has 2 heterocycles. The predicted octanol–water partition coefficient (Wildman–Crippen LogP) is 3.60. The van der Waals surface area contributed by atoms with Gasteiger partial charge in [-0.3, -0.25) is 9.69 Å². The SMILES string of the molecule is Cc1cccc(N2CCN(/C=C(/C#N)C(=O)N3CCN(Cc4ccccc4)CC3)CC2)c1C.Cl. The largest absolute Gasteiger partial charge is 0.373 e. The number of benzene rings is 2. The summed E-state index contributed by atoms with van der Waals surface area (Å²) >= 11 is 0. The molecule has 0 atom stereocenters. The van der Waals surface area contributed by atoms with E-state index in [0.29, 0.717) is 13.1 Å². The van der Waals surface area contributed by atoms with E-state index >= 15 is 0 Å². The first-order valence-electron chi connectivity index (χ1n) is 11.8. The van der Waals surface area contributed by atoms with Crippen LogP contribution in [0, 0.1) is 25.2 Å². The zero-order chi connectivity index (χ0) is 23.2. The summed E-state index contributed by atoms with van der Waals surface area (Å²) in [5, 5.41) is 9.69. The Balaban J connectivity index is 0.00000324. The number of hydrogen-bond donors (Lipinski definition) is 0. The van der Waals surface area contributed by atoms with E-state index in [-0.39, 0.29) is 23.9 Å². The zero-order valence-electron chi connectivity index (χ0n) is 20.1. The monoisotopic (exact) mass is 479 g/mol. The van der Waals surface area contributed by atoms with Gasteiger partial charge >= 0.3 is 0 Å². The first-order chi connectivity index (χ1) is 16.0. The van der Waals surface area contributed by atoms with Crippen LogP contribution < -0.4 is 4.90 Å². The molecule has 0 spiro atoms. The average molecular weight is 480 g/mol. The van der Waals surface area contributed by atoms with E-state index in [1.165, 1.54) is 22.4 Å². The fourth-order valence-electron chi connectivity index (χ4n) is 4.61. The molecule has 2 saturated heterocycles. The van der Waals surface area contributed by atoms with Crippen LogP contribution in [0.25, 0.3) is 0 Å². The summed E-state index contributed by atoms with van der Waals surface area (Å²) < 4.78 is 0. The molecule has 0 radical (unpaired) electrons. The number of nitrogens with zero attached hydrogens (tertiary/aromatic N) is 5. The van der Waals surface area contributed by atoms with Gasteiger partial charge in [-0.25, -0.2) is 0 Å². The number of rotatable bonds is 5. The van der Waals surface area contributed by atoms with Gasteiger partial charge in [0.05, 0.1) is 0 Å². The Morgan fingerprint density at radius 2 is 1.59 bits per heavy atom. The van der Waals surface area contributed by atoms with Crippen LogP contribution in [-0.2, 0) is 11.3 Å². The topological polar surface area (TPSA) is 53.8 Å². The summed E-state index contributed by atoms with van der Waals surface area (Å²) in [4.78, 5) is 21.7. The minimum atomic E-state index is -0.145. The number of halogens is 1. The van der Waals surface area contributed by atoms with E-state index in [9.17, 15) is 10.1 Å². The van der Waals surface area contributed by atoms with Gasteiger partial charge in [-0.05, 0) is 36.6 Å². The summed E-state index contributed by atoms with van der Waals surface area (Å²) in [6.07, 6.45) is 1.78. The van der Waals surface area contributed by atoms with Crippen LogP contribution in [0.5, 0.6) is 0 Å². The molecule has 0 aliphatic carbocycles. The van der Waals surface area contributed by atoms with Crippen LogP contribution in [0.2, 0.25) is 0 Å². The first-order valence-corrected chi connectivity index (χ1v) is 11.8. The highest BCUT2D eigenvalue weighted by Crippen LogP contribution is 2.24. The number of amides is 1. The van der Waals surface area contributed by atoms with Crippen LogP contribution >= 0.6 is 12.4 Å². The molecule has 0 saturated carbocycles. The molecule has 4 rings (SSSR count). The first kappa shape index (κ1) is 25.6. The van der Waals surface area contributed by atoms with Gasteiger partial charge in [0.25, 0.3) is 5.91 Å². The van der Waals surface area contributed by atoms with Crippen LogP contribution in [0.4, 0.5) is 5.69 Å². The highest BCUT2D eigenvalue weighted by Gasteiger charge is 2.25. The standard InChI is InChI=1S/C27H33N5O.ClH/c1-22-7-6-10-26(23(22)2)31-15-11-30(12-16-31)21-25(19-28)27(33)32-17-13-29(14-18-32)20-24-8-4-3-5-9-24;/h3-10,21H,11-18,20H2,1-2H3;1H/b25-21-;. The average Bonchev–Trinajstić information content (AvgIpc) is 2.85. The predicted molar refractivity (Wildman–Crippen MR) is 139 cm³/mol. The molecule has 34 heavy (non-hydrogen) atoms. The van der Waals surface area contributed by atoms with Gasteiger partial charge in [0.15, 0.2) is 0 Å². The van der Waals surface area contributed by atoms with Crippen molar-refractivity contribution in [3.63, 3.8) is 0 Å². The lowest BCUT2D eigenvalue weighted by atomic mass is 10.1. The summed E-state index contributed by atoms with van der Waals surface area (Å²) in [6, 6.07) is 19.0. The van der Waals surface area contributed by atoms with Gasteiger partial charge in [0, 0.05) is 70.8 Å². The van der Waals surface area contributed by atoms with Gasteiger partial charge in [0.1, 0.15) is 11.6 Å². The normalized spacial score (nSPS) is 17.2. The van der Waals surface area contributed by atoms with Crippen molar-refractivity contribution in [3.8, 4) is 6.07 Å². The van der Waals surface area contributed by atoms with Crippen LogP contribution in [0.1, 0.15) is 16.7 Å². The number of piperazine rings is 2. The number of hydrogen-bond acceptors (Lipinski definition) is 5. The summed E-state index contributed by atoms with van der Waals surface area (Å²) in [5.74, 6) is -0.145. The van der Waals surface area contributed by atoms with Crippen LogP contribution in [0.3, 0.4) is 0 Å². The summed E-state index contributed by atoms with van der Waals surface area (Å²) in [6.45, 7) is 11.5. The van der Waals surface area contributed by atoms with Gasteiger partial charge in [-0.2, -0.15) is 5.26 Å². The van der Waals surface area contributed by atoms with Crippen molar-refractivity contribution in [1.29, 1.82) is 5.26 Å². The maximum Gasteiger partial charge on any atom is 0.266 e. The Morgan fingerprint density at radius 1 is 0.912 bits per heavy atom. The lowest BCUT2D eigenvalue weighted by molar-refractivity contribution is -0.128. The van der Waals surface area contributed by atoms with Crippen molar-refractivity contribution in [2.75, 3.05) is 57.3 Å². The third-order valence-electron chi connectivity index (χ3n) is 6.80. The van der Waals surface area contributed by atoms with E-state index < -0.39 is 0 Å². The summed E-state index contributed by atoms with van der Waals surface area (Å²) in [7, 11) is 0. The molecule has 2 aliphatic heterocycles. The third kappa shape index (κ3) is 6.11. The molecule has 0 bridgehead atoms. The molecule has 7 heteroatoms. The van der Waals surface area contributed by atoms with E-state index in [0.717, 1.165) is 45.8 Å². The Kier molecular flexibility index (Phi) is 8.98. The van der Waals surface area contributed by atoms with E-state index in [2.05, 4.69) is 77.1 Å². The lowest BCUT2D eigenvalue weighted by Gasteiger charge is -2.37. The quantitative estimate of drug-likeness (QED) is 0.484. The molecule has 2 fully saturated rings.